The zero-order valence-corrected chi connectivity index (χ0v) is 34.9. The van der Waals surface area contributed by atoms with Crippen LogP contribution < -0.4 is 0 Å². The van der Waals surface area contributed by atoms with E-state index in [4.69, 9.17) is 28.4 Å². The quantitative estimate of drug-likeness (QED) is 0.228. The van der Waals surface area contributed by atoms with Crippen LogP contribution in [0.15, 0.2) is 0 Å². The first-order valence-electron chi connectivity index (χ1n) is 19.7. The highest BCUT2D eigenvalue weighted by atomic mass is 16.7. The normalized spacial score (nSPS) is 48.9. The number of likely N-dealkylation sites (N-methyl/N-ethyl adjacent to an activating group) is 2. The number of nitrogens with zero attached hydrogens (tertiary/aromatic N) is 2. The van der Waals surface area contributed by atoms with Gasteiger partial charge < -0.3 is 58.9 Å². The van der Waals surface area contributed by atoms with Crippen molar-refractivity contribution in [1.29, 1.82) is 0 Å². The Bertz CT molecular complexity index is 1160. The Morgan fingerprint density at radius 3 is 2.09 bits per heavy atom. The van der Waals surface area contributed by atoms with Gasteiger partial charge in [0.05, 0.1) is 41.5 Å². The molecule has 3 heterocycles. The number of carbonyl (C=O) groups is 1. The van der Waals surface area contributed by atoms with Crippen LogP contribution >= 0.6 is 0 Å². The predicted molar refractivity (Wildman–Crippen MR) is 199 cm³/mol. The highest BCUT2D eigenvalue weighted by Gasteiger charge is 2.52. The fourth-order valence-corrected chi connectivity index (χ4v) is 9.02. The molecule has 0 radical (unpaired) electrons. The van der Waals surface area contributed by atoms with Gasteiger partial charge in [-0.2, -0.15) is 0 Å². The Morgan fingerprint density at radius 2 is 1.55 bits per heavy atom. The number of hydrogen-bond acceptors (Lipinski definition) is 14. The van der Waals surface area contributed by atoms with Gasteiger partial charge in [-0.05, 0) is 94.3 Å². The van der Waals surface area contributed by atoms with Crippen molar-refractivity contribution in [2.45, 2.75) is 192 Å². The molecule has 0 spiro atoms. The molecule has 5 N–H and O–H groups in total. The second-order valence-corrected chi connectivity index (χ2v) is 17.3. The van der Waals surface area contributed by atoms with E-state index in [1.807, 2.05) is 58.5 Å². The summed E-state index contributed by atoms with van der Waals surface area (Å²) < 4.78 is 37.6. The molecule has 0 aromatic carbocycles. The van der Waals surface area contributed by atoms with Crippen LogP contribution in [0.25, 0.3) is 0 Å². The van der Waals surface area contributed by atoms with E-state index in [0.717, 1.165) is 0 Å². The van der Waals surface area contributed by atoms with E-state index in [9.17, 15) is 30.3 Å². The van der Waals surface area contributed by atoms with Crippen molar-refractivity contribution in [1.82, 2.24) is 9.80 Å². The van der Waals surface area contributed by atoms with Crippen molar-refractivity contribution in [2.24, 2.45) is 17.8 Å². The number of rotatable bonds is 8. The number of hydrogen-bond donors (Lipinski definition) is 5. The maximum atomic E-state index is 14.3. The minimum absolute atomic E-state index is 0.134. The molecule has 0 amide bonds. The molecule has 53 heavy (non-hydrogen) atoms. The molecule has 312 valence electrons. The van der Waals surface area contributed by atoms with Gasteiger partial charge in [-0.1, -0.05) is 27.7 Å². The largest absolute Gasteiger partial charge is 0.459 e. The SMILES string of the molecule is CC[C@H]1OC(=O)[C@H](C)[C@@H](OC2C[C@](C)(OC)[C@H](O)[C@@H](C)O2)[C@H](C)[C@@H](OC2O[C@H](C)C[C@H](N(C)C)[C@H]2O)[C@](C)(O)C[C@@H](C)CN(CC)[C@H](C)[C@@H](O)[C@]1(C)O. The van der Waals surface area contributed by atoms with Gasteiger partial charge in [-0.25, -0.2) is 0 Å². The molecule has 3 rings (SSSR count). The zero-order chi connectivity index (χ0) is 40.4. The topological polar surface area (TPSA) is 180 Å². The summed E-state index contributed by atoms with van der Waals surface area (Å²) in [6.45, 7) is 20.7. The molecule has 3 fully saturated rings. The Labute approximate surface area is 318 Å². The van der Waals surface area contributed by atoms with Gasteiger partial charge in [0, 0.05) is 38.1 Å². The number of esters is 1. The van der Waals surface area contributed by atoms with Gasteiger partial charge in [-0.3, -0.25) is 9.69 Å². The molecule has 14 nitrogen and oxygen atoms in total. The minimum Gasteiger partial charge on any atom is -0.459 e. The maximum Gasteiger partial charge on any atom is 0.311 e. The summed E-state index contributed by atoms with van der Waals surface area (Å²) in [6.07, 6.45) is -8.18. The predicted octanol–water partition coefficient (Wildman–Crippen LogP) is 2.29. The lowest BCUT2D eigenvalue weighted by atomic mass is 9.77. The summed E-state index contributed by atoms with van der Waals surface area (Å²) in [7, 11) is 5.29. The summed E-state index contributed by atoms with van der Waals surface area (Å²) in [4.78, 5) is 18.2. The molecule has 18 atom stereocenters. The van der Waals surface area contributed by atoms with E-state index < -0.39 is 96.0 Å². The van der Waals surface area contributed by atoms with Crippen LogP contribution in [0.4, 0.5) is 0 Å². The summed E-state index contributed by atoms with van der Waals surface area (Å²) in [6, 6.07) is -0.794. The van der Waals surface area contributed by atoms with E-state index in [0.29, 0.717) is 19.5 Å². The molecule has 0 aliphatic carbocycles. The Hall–Kier alpha value is -1.01. The van der Waals surface area contributed by atoms with E-state index in [-0.39, 0.29) is 37.3 Å². The Balaban J connectivity index is 2.19. The van der Waals surface area contributed by atoms with Crippen LogP contribution in [0.3, 0.4) is 0 Å². The summed E-state index contributed by atoms with van der Waals surface area (Å²) in [5.74, 6) is -2.58. The Morgan fingerprint density at radius 1 is 0.925 bits per heavy atom. The average molecular weight is 763 g/mol. The lowest BCUT2D eigenvalue weighted by molar-refractivity contribution is -0.318. The number of cyclic esters (lactones) is 1. The third kappa shape index (κ3) is 10.5. The fourth-order valence-electron chi connectivity index (χ4n) is 9.02. The maximum absolute atomic E-state index is 14.3. The fraction of sp³-hybridized carbons (Fsp3) is 0.974. The lowest BCUT2D eigenvalue weighted by Gasteiger charge is -2.48. The summed E-state index contributed by atoms with van der Waals surface area (Å²) in [5.41, 5.74) is -4.38. The third-order valence-corrected chi connectivity index (χ3v) is 12.4. The highest BCUT2D eigenvalue weighted by molar-refractivity contribution is 5.73. The van der Waals surface area contributed by atoms with Gasteiger partial charge in [0.1, 0.15) is 30.0 Å². The zero-order valence-electron chi connectivity index (χ0n) is 34.9. The second-order valence-electron chi connectivity index (χ2n) is 17.3. The van der Waals surface area contributed by atoms with Crippen LogP contribution in [-0.4, -0.2) is 166 Å². The molecule has 3 aliphatic rings. The van der Waals surface area contributed by atoms with E-state index in [2.05, 4.69) is 0 Å². The number of carbonyl (C=O) groups excluding carboxylic acids is 1. The minimum atomic E-state index is -1.80. The molecule has 3 saturated heterocycles. The molecule has 0 aromatic rings. The van der Waals surface area contributed by atoms with Crippen LogP contribution in [-0.2, 0) is 33.2 Å². The third-order valence-electron chi connectivity index (χ3n) is 12.4. The Kier molecular flexibility index (Phi) is 16.2. The molecule has 0 bridgehead atoms. The van der Waals surface area contributed by atoms with Crippen molar-refractivity contribution in [3.8, 4) is 0 Å². The monoisotopic (exact) mass is 763 g/mol. The number of ether oxygens (including phenoxy) is 6. The van der Waals surface area contributed by atoms with E-state index in [1.165, 1.54) is 14.0 Å². The van der Waals surface area contributed by atoms with Gasteiger partial charge in [0.25, 0.3) is 0 Å². The average Bonchev–Trinajstić information content (AvgIpc) is 3.08. The van der Waals surface area contributed by atoms with Gasteiger partial charge >= 0.3 is 5.97 Å². The van der Waals surface area contributed by atoms with Crippen molar-refractivity contribution in [2.75, 3.05) is 34.3 Å². The van der Waals surface area contributed by atoms with Crippen LogP contribution in [0.5, 0.6) is 0 Å². The number of methoxy groups -OCH3 is 1. The molecule has 0 aromatic heterocycles. The van der Waals surface area contributed by atoms with E-state index >= 15 is 0 Å². The van der Waals surface area contributed by atoms with Gasteiger partial charge in [-0.15, -0.1) is 0 Å². The van der Waals surface area contributed by atoms with Crippen molar-refractivity contribution in [3.05, 3.63) is 0 Å². The molecular formula is C39H74N2O12. The molecule has 3 aliphatic heterocycles. The second kappa shape index (κ2) is 18.5. The first-order chi connectivity index (χ1) is 24.4. The molecule has 2 unspecified atom stereocenters. The number of aliphatic hydroxyl groups excluding tert-OH is 3. The van der Waals surface area contributed by atoms with Crippen molar-refractivity contribution >= 4 is 5.97 Å². The lowest BCUT2D eigenvalue weighted by Crippen LogP contribution is -2.60. The highest BCUT2D eigenvalue weighted by Crippen LogP contribution is 2.40. The molecular weight excluding hydrogens is 688 g/mol. The van der Waals surface area contributed by atoms with Crippen molar-refractivity contribution < 1.29 is 58.7 Å². The summed E-state index contributed by atoms with van der Waals surface area (Å²) >= 11 is 0. The first kappa shape index (κ1) is 46.4. The van der Waals surface area contributed by atoms with Gasteiger partial charge in [0.2, 0.25) is 0 Å². The standard InChI is InChI=1S/C39H74N2O12/c1-15-28-39(11,47)32(43)25(7)41(16-2)20-21(3)18-37(9,46)34(53-36-30(42)27(40(12)13)17-22(4)49-36)23(5)31(24(6)35(45)51-28)52-29-19-38(10,48-14)33(44)26(8)50-29/h21-34,36,42-44,46-47H,15-20H2,1-14H3/t21-,22-,23+,24-,25-,26-,27+,28-,29?,30-,31+,32-,33-,34-,36?,37-,38+,39-/m1/s1. The van der Waals surface area contributed by atoms with Crippen molar-refractivity contribution in [3.63, 3.8) is 0 Å². The first-order valence-corrected chi connectivity index (χ1v) is 19.7. The molecule has 14 heteroatoms. The van der Waals surface area contributed by atoms with Crippen LogP contribution in [0.1, 0.15) is 102 Å². The molecule has 0 saturated carbocycles. The number of aliphatic hydroxyl groups is 5. The summed E-state index contributed by atoms with van der Waals surface area (Å²) in [5, 5.41) is 58.5. The van der Waals surface area contributed by atoms with Crippen LogP contribution in [0.2, 0.25) is 0 Å². The van der Waals surface area contributed by atoms with Crippen LogP contribution in [0, 0.1) is 17.8 Å². The van der Waals surface area contributed by atoms with E-state index in [1.54, 1.807) is 34.6 Å². The van der Waals surface area contributed by atoms with Gasteiger partial charge in [0.15, 0.2) is 12.6 Å². The smallest absolute Gasteiger partial charge is 0.311 e.